The van der Waals surface area contributed by atoms with Crippen molar-refractivity contribution >= 4 is 17.7 Å². The first-order valence-electron chi connectivity index (χ1n) is 14.0. The monoisotopic (exact) mass is 595 g/mol. The van der Waals surface area contributed by atoms with Gasteiger partial charge in [0.1, 0.15) is 12.3 Å². The van der Waals surface area contributed by atoms with Gasteiger partial charge in [-0.2, -0.15) is 0 Å². The van der Waals surface area contributed by atoms with Gasteiger partial charge < -0.3 is 20.4 Å². The number of nitrogens with two attached hydrogens (primary N) is 1. The third kappa shape index (κ3) is 6.73. The summed E-state index contributed by atoms with van der Waals surface area (Å²) in [6.07, 6.45) is -0.415. The summed E-state index contributed by atoms with van der Waals surface area (Å²) in [7, 11) is 0. The second-order valence-corrected chi connectivity index (χ2v) is 11.6. The molecule has 0 unspecified atom stereocenters. The van der Waals surface area contributed by atoms with Crippen molar-refractivity contribution < 1.29 is 38.7 Å². The zero-order valence-electron chi connectivity index (χ0n) is 24.6. The van der Waals surface area contributed by atoms with Gasteiger partial charge in [0.15, 0.2) is 12.1 Å². The number of nitrogens with one attached hydrogen (secondary N) is 1. The number of hydrogen-bond donors (Lipinski definition) is 4. The Labute approximate surface area is 248 Å². The Kier molecular flexibility index (Phi) is 9.26. The summed E-state index contributed by atoms with van der Waals surface area (Å²) in [5.74, 6) is -5.97. The van der Waals surface area contributed by atoms with Crippen LogP contribution in [-0.4, -0.2) is 68.5 Å². The number of pyridine rings is 1. The number of rotatable bonds is 9. The summed E-state index contributed by atoms with van der Waals surface area (Å²) >= 11 is 0. The molecule has 0 saturated carbocycles. The van der Waals surface area contributed by atoms with Crippen LogP contribution in [0.5, 0.6) is 5.75 Å². The van der Waals surface area contributed by atoms with E-state index in [9.17, 15) is 24.6 Å². The van der Waals surface area contributed by atoms with Crippen molar-refractivity contribution in [1.82, 2.24) is 15.2 Å². The minimum absolute atomic E-state index is 0.00558. The Morgan fingerprint density at radius 3 is 2.42 bits per heavy atom. The van der Waals surface area contributed by atoms with Gasteiger partial charge in [-0.05, 0) is 55.7 Å². The number of carbonyl (C=O) groups excluding carboxylic acids is 3. The number of amides is 3. The highest BCUT2D eigenvalue weighted by atomic mass is 19.3. The quantitative estimate of drug-likeness (QED) is 0.300. The number of primary amides is 1. The molecule has 9 nitrogen and oxygen atoms in total. The first-order chi connectivity index (χ1) is 20.2. The molecule has 1 aliphatic heterocycles. The van der Waals surface area contributed by atoms with Crippen molar-refractivity contribution in [2.24, 2.45) is 5.41 Å². The summed E-state index contributed by atoms with van der Waals surface area (Å²) in [6, 6.07) is 14.2. The minimum Gasteiger partial charge on any atom is -0.508 e. The Balaban J connectivity index is 1.63. The predicted octanol–water partition coefficient (Wildman–Crippen LogP) is 2.27. The molecule has 0 spiro atoms. The Morgan fingerprint density at radius 1 is 1.09 bits per heavy atom. The van der Waals surface area contributed by atoms with Gasteiger partial charge in [0, 0.05) is 17.3 Å². The number of hydrogen-bond acceptors (Lipinski definition) is 6. The number of alkyl halides is 2. The third-order valence-corrected chi connectivity index (χ3v) is 8.12. The SMILES string of the molecule is Cc1cc(O)c(C)c(C(=O)N[C@@H](Cc2ccccc2)[C@H](O)C(=O)N2CC(F)(F)C(C)(C)[C@H]2C(=O)[NH2+]Cc2ccccn2)c1. The molecular formula is C32H37F2N4O5+. The first-order valence-corrected chi connectivity index (χ1v) is 14.0. The predicted molar refractivity (Wildman–Crippen MR) is 154 cm³/mol. The van der Waals surface area contributed by atoms with Crippen molar-refractivity contribution in [2.75, 3.05) is 6.54 Å². The molecule has 228 valence electrons. The van der Waals surface area contributed by atoms with Crippen molar-refractivity contribution in [3.05, 3.63) is 94.8 Å². The van der Waals surface area contributed by atoms with Crippen molar-refractivity contribution in [1.29, 1.82) is 0 Å². The molecule has 0 bridgehead atoms. The lowest BCUT2D eigenvalue weighted by atomic mass is 9.81. The molecule has 11 heteroatoms. The highest BCUT2D eigenvalue weighted by Crippen LogP contribution is 2.47. The number of carbonyl (C=O) groups is 3. The van der Waals surface area contributed by atoms with Gasteiger partial charge in [0.25, 0.3) is 17.7 Å². The molecule has 3 amide bonds. The van der Waals surface area contributed by atoms with Gasteiger partial charge in [-0.15, -0.1) is 0 Å². The summed E-state index contributed by atoms with van der Waals surface area (Å²) in [5, 5.41) is 25.5. The van der Waals surface area contributed by atoms with Crippen LogP contribution < -0.4 is 10.6 Å². The molecule has 5 N–H and O–H groups in total. The van der Waals surface area contributed by atoms with Crippen molar-refractivity contribution in [3.8, 4) is 5.75 Å². The summed E-state index contributed by atoms with van der Waals surface area (Å²) in [6.45, 7) is 4.72. The van der Waals surface area contributed by atoms with Crippen LogP contribution in [0.3, 0.4) is 0 Å². The van der Waals surface area contributed by atoms with E-state index < -0.39 is 53.8 Å². The Hall–Kier alpha value is -4.22. The molecule has 1 aliphatic rings. The van der Waals surface area contributed by atoms with E-state index in [4.69, 9.17) is 0 Å². The third-order valence-electron chi connectivity index (χ3n) is 8.12. The molecular weight excluding hydrogens is 558 g/mol. The number of phenolic OH excluding ortho intramolecular Hbond substituents is 1. The maximum Gasteiger partial charge on any atom is 0.334 e. The summed E-state index contributed by atoms with van der Waals surface area (Å²) in [4.78, 5) is 45.5. The molecule has 1 aromatic heterocycles. The van der Waals surface area contributed by atoms with Crippen LogP contribution >= 0.6 is 0 Å². The number of halogens is 2. The van der Waals surface area contributed by atoms with Gasteiger partial charge in [0.05, 0.1) is 23.7 Å². The van der Waals surface area contributed by atoms with E-state index in [1.54, 1.807) is 74.6 Å². The van der Waals surface area contributed by atoms with E-state index in [0.717, 1.165) is 4.90 Å². The lowest BCUT2D eigenvalue weighted by Crippen LogP contribution is -2.90. The normalized spacial score (nSPS) is 18.6. The molecule has 0 aliphatic carbocycles. The lowest BCUT2D eigenvalue weighted by Gasteiger charge is -2.32. The summed E-state index contributed by atoms with van der Waals surface area (Å²) in [5.41, 5.74) is 0.355. The van der Waals surface area contributed by atoms with E-state index in [1.807, 2.05) is 0 Å². The molecule has 4 rings (SSSR count). The van der Waals surface area contributed by atoms with Crippen LogP contribution in [0.4, 0.5) is 8.78 Å². The fourth-order valence-corrected chi connectivity index (χ4v) is 5.42. The number of aryl methyl sites for hydroxylation is 1. The van der Waals surface area contributed by atoms with Gasteiger partial charge >= 0.3 is 5.91 Å². The van der Waals surface area contributed by atoms with E-state index in [2.05, 4.69) is 10.3 Å². The summed E-state index contributed by atoms with van der Waals surface area (Å²) < 4.78 is 30.6. The second-order valence-electron chi connectivity index (χ2n) is 11.6. The van der Waals surface area contributed by atoms with Gasteiger partial charge in [-0.3, -0.25) is 19.9 Å². The van der Waals surface area contributed by atoms with Crippen LogP contribution in [0.1, 0.15) is 46.6 Å². The maximum atomic E-state index is 15.3. The van der Waals surface area contributed by atoms with Crippen LogP contribution in [0, 0.1) is 19.3 Å². The van der Waals surface area contributed by atoms with Crippen molar-refractivity contribution in [3.63, 3.8) is 0 Å². The van der Waals surface area contributed by atoms with Crippen molar-refractivity contribution in [2.45, 2.75) is 64.8 Å². The smallest absolute Gasteiger partial charge is 0.334 e. The maximum absolute atomic E-state index is 15.3. The fourth-order valence-electron chi connectivity index (χ4n) is 5.42. The van der Waals surface area contributed by atoms with Gasteiger partial charge in [-0.25, -0.2) is 13.6 Å². The molecule has 1 fully saturated rings. The molecule has 1 saturated heterocycles. The number of aliphatic hydroxyl groups is 1. The van der Waals surface area contributed by atoms with Gasteiger partial charge in [0.2, 0.25) is 0 Å². The van der Waals surface area contributed by atoms with Crippen LogP contribution in [0.25, 0.3) is 0 Å². The molecule has 2 heterocycles. The molecule has 3 atom stereocenters. The number of aromatic nitrogens is 1. The molecule has 2 aromatic carbocycles. The van der Waals surface area contributed by atoms with E-state index in [-0.39, 0.29) is 24.3 Å². The zero-order chi connectivity index (χ0) is 31.5. The largest absolute Gasteiger partial charge is 0.508 e. The molecule has 0 radical (unpaired) electrons. The molecule has 3 aromatic rings. The van der Waals surface area contributed by atoms with E-state index >= 15 is 8.78 Å². The lowest BCUT2D eigenvalue weighted by molar-refractivity contribution is -0.588. The number of aliphatic hydroxyl groups excluding tert-OH is 1. The molecule has 43 heavy (non-hydrogen) atoms. The number of quaternary nitrogens is 1. The number of benzene rings is 2. The minimum atomic E-state index is -3.43. The van der Waals surface area contributed by atoms with E-state index in [0.29, 0.717) is 22.4 Å². The highest BCUT2D eigenvalue weighted by molar-refractivity contribution is 5.97. The van der Waals surface area contributed by atoms with E-state index in [1.165, 1.54) is 25.2 Å². The first kappa shape index (κ1) is 31.7. The number of aromatic hydroxyl groups is 1. The Bertz CT molecular complexity index is 1480. The topological polar surface area (TPSA) is 136 Å². The Morgan fingerprint density at radius 2 is 1.77 bits per heavy atom. The van der Waals surface area contributed by atoms with Crippen LogP contribution in [0.15, 0.2) is 66.9 Å². The van der Waals surface area contributed by atoms with Gasteiger partial charge in [-0.1, -0.05) is 50.2 Å². The van der Waals surface area contributed by atoms with Crippen LogP contribution in [-0.2, 0) is 22.6 Å². The number of likely N-dealkylation sites (tertiary alicyclic amines) is 1. The van der Waals surface area contributed by atoms with Crippen LogP contribution in [0.2, 0.25) is 0 Å². The standard InChI is InChI=1S/C32H36F2N4O5/c1-19-14-23(20(2)25(39)15-19)28(41)37-24(16-21-10-6-5-7-11-21)26(40)30(43)38-18-32(33,34)31(3,4)27(38)29(42)36-17-22-12-8-9-13-35-22/h5-15,24,26-27,39-40H,16-18H2,1-4H3,(H,36,42)(H,37,41)/p+1/t24-,26-,27+/m0/s1. The highest BCUT2D eigenvalue weighted by Gasteiger charge is 2.65. The fraction of sp³-hybridized carbons (Fsp3) is 0.375. The average molecular weight is 596 g/mol. The number of nitrogens with zero attached hydrogens (tertiary/aromatic N) is 2. The average Bonchev–Trinajstić information content (AvgIpc) is 3.16. The zero-order valence-corrected chi connectivity index (χ0v) is 24.6. The second kappa shape index (κ2) is 12.6. The number of phenols is 1.